The summed E-state index contributed by atoms with van der Waals surface area (Å²) >= 11 is 1.90. The minimum absolute atomic E-state index is 1.12. The van der Waals surface area contributed by atoms with Gasteiger partial charge in [-0.25, -0.2) is 4.58 Å². The summed E-state index contributed by atoms with van der Waals surface area (Å²) in [5.41, 5.74) is 13.3. The SMILES string of the molecule is CC/C=C1\Cc2cc(C)sc2N1C.CC1=[N+](C)c2c(C)c(C)c(C)c(C)c2C1. The van der Waals surface area contributed by atoms with E-state index in [0.29, 0.717) is 0 Å². The molecule has 0 spiro atoms. The summed E-state index contributed by atoms with van der Waals surface area (Å²) in [6, 6.07) is 2.31. The zero-order valence-corrected chi connectivity index (χ0v) is 19.9. The van der Waals surface area contributed by atoms with Crippen LogP contribution in [0, 0.1) is 34.6 Å². The highest BCUT2D eigenvalue weighted by atomic mass is 32.1. The van der Waals surface area contributed by atoms with Gasteiger partial charge < -0.3 is 4.90 Å². The Kier molecular flexibility index (Phi) is 5.86. The Morgan fingerprint density at radius 2 is 1.64 bits per heavy atom. The predicted octanol–water partition coefficient (Wildman–Crippen LogP) is 6.55. The van der Waals surface area contributed by atoms with Gasteiger partial charge in [-0.05, 0) is 69.4 Å². The van der Waals surface area contributed by atoms with Gasteiger partial charge in [0.05, 0.1) is 11.4 Å². The monoisotopic (exact) mass is 395 g/mol. The summed E-state index contributed by atoms with van der Waals surface area (Å²) in [5.74, 6) is 0. The second kappa shape index (κ2) is 7.87. The van der Waals surface area contributed by atoms with Crippen LogP contribution in [-0.4, -0.2) is 24.4 Å². The molecule has 0 saturated heterocycles. The number of thiophene rings is 1. The molecule has 2 aromatic rings. The molecule has 1 aromatic carbocycles. The first-order valence-electron chi connectivity index (χ1n) is 10.3. The Hall–Kier alpha value is -1.87. The van der Waals surface area contributed by atoms with E-state index in [1.54, 1.807) is 0 Å². The lowest BCUT2D eigenvalue weighted by Gasteiger charge is -2.12. The molecule has 3 heteroatoms. The molecule has 28 heavy (non-hydrogen) atoms. The topological polar surface area (TPSA) is 6.25 Å². The number of fused-ring (bicyclic) bond motifs is 2. The summed E-state index contributed by atoms with van der Waals surface area (Å²) in [6.45, 7) is 15.6. The number of hydrogen-bond donors (Lipinski definition) is 0. The molecule has 0 bridgehead atoms. The van der Waals surface area contributed by atoms with Gasteiger partial charge in [-0.15, -0.1) is 11.3 Å². The standard InChI is InChI=1S/C14H20N.C11H15NS/c1-8-7-13-11(4)9(2)10(3)12(5)14(13)15(8)6;1-4-5-10-7-9-6-8(2)13-11(9)12(10)3/h7H2,1-6H3;5-6H,4,7H2,1-3H3/q+1;/b;10-5+. The van der Waals surface area contributed by atoms with E-state index in [1.807, 2.05) is 11.3 Å². The van der Waals surface area contributed by atoms with Gasteiger partial charge in [0.25, 0.3) is 0 Å². The minimum Gasteiger partial charge on any atom is -0.340 e. The Morgan fingerprint density at radius 1 is 1.00 bits per heavy atom. The summed E-state index contributed by atoms with van der Waals surface area (Å²) < 4.78 is 2.35. The molecule has 0 amide bonds. The van der Waals surface area contributed by atoms with Crippen LogP contribution < -0.4 is 4.90 Å². The van der Waals surface area contributed by atoms with E-state index in [0.717, 1.165) is 19.3 Å². The van der Waals surface area contributed by atoms with E-state index in [-0.39, 0.29) is 0 Å². The quantitative estimate of drug-likeness (QED) is 0.496. The van der Waals surface area contributed by atoms with Crippen LogP contribution in [0.1, 0.15) is 58.5 Å². The zero-order valence-electron chi connectivity index (χ0n) is 19.1. The molecule has 0 atom stereocenters. The number of rotatable bonds is 1. The lowest BCUT2D eigenvalue weighted by Crippen LogP contribution is -2.10. The number of benzene rings is 1. The Bertz CT molecular complexity index is 989. The van der Waals surface area contributed by atoms with Crippen LogP contribution in [0.4, 0.5) is 10.7 Å². The lowest BCUT2D eigenvalue weighted by molar-refractivity contribution is -0.402. The van der Waals surface area contributed by atoms with Gasteiger partial charge in [-0.2, -0.15) is 0 Å². The fraction of sp³-hybridized carbons (Fsp3) is 0.480. The highest BCUT2D eigenvalue weighted by Gasteiger charge is 2.29. The molecule has 2 nitrogen and oxygen atoms in total. The molecule has 0 aliphatic carbocycles. The van der Waals surface area contributed by atoms with E-state index in [9.17, 15) is 0 Å². The molecule has 0 saturated carbocycles. The van der Waals surface area contributed by atoms with Crippen LogP contribution in [0.15, 0.2) is 17.8 Å². The number of anilines is 1. The average molecular weight is 396 g/mol. The van der Waals surface area contributed by atoms with E-state index in [2.05, 4.69) is 84.2 Å². The van der Waals surface area contributed by atoms with E-state index >= 15 is 0 Å². The molecule has 2 aliphatic rings. The van der Waals surface area contributed by atoms with Crippen LogP contribution in [0.5, 0.6) is 0 Å². The van der Waals surface area contributed by atoms with Crippen LogP contribution >= 0.6 is 11.3 Å². The molecule has 4 rings (SSSR count). The highest BCUT2D eigenvalue weighted by Crippen LogP contribution is 2.40. The van der Waals surface area contributed by atoms with Gasteiger partial charge in [0.2, 0.25) is 5.69 Å². The van der Waals surface area contributed by atoms with Crippen molar-refractivity contribution >= 4 is 27.7 Å². The molecular formula is C25H35N2S+. The van der Waals surface area contributed by atoms with Crippen molar-refractivity contribution in [2.24, 2.45) is 0 Å². The fourth-order valence-corrected chi connectivity index (χ4v) is 5.48. The molecule has 0 radical (unpaired) electrons. The van der Waals surface area contributed by atoms with Crippen LogP contribution in [-0.2, 0) is 12.8 Å². The highest BCUT2D eigenvalue weighted by molar-refractivity contribution is 7.16. The number of hydrogen-bond acceptors (Lipinski definition) is 2. The Balaban J connectivity index is 0.000000162. The maximum absolute atomic E-state index is 2.35. The fourth-order valence-electron chi connectivity index (χ4n) is 4.46. The van der Waals surface area contributed by atoms with Crippen molar-refractivity contribution < 1.29 is 4.58 Å². The number of likely N-dealkylation sites (N-methyl/N-ethyl adjacent to an activating group) is 1. The Labute approximate surface area is 175 Å². The van der Waals surface area contributed by atoms with E-state index in [4.69, 9.17) is 0 Å². The first-order valence-corrected chi connectivity index (χ1v) is 11.2. The van der Waals surface area contributed by atoms with E-state index in [1.165, 1.54) is 60.4 Å². The summed E-state index contributed by atoms with van der Waals surface area (Å²) in [5, 5.41) is 1.44. The summed E-state index contributed by atoms with van der Waals surface area (Å²) in [4.78, 5) is 3.75. The largest absolute Gasteiger partial charge is 0.340 e. The Morgan fingerprint density at radius 3 is 2.25 bits per heavy atom. The lowest BCUT2D eigenvalue weighted by atomic mass is 9.92. The van der Waals surface area contributed by atoms with Crippen molar-refractivity contribution in [1.29, 1.82) is 0 Å². The van der Waals surface area contributed by atoms with Crippen molar-refractivity contribution in [2.45, 2.75) is 67.7 Å². The third kappa shape index (κ3) is 3.45. The first-order chi connectivity index (χ1) is 13.2. The maximum Gasteiger partial charge on any atom is 0.212 e. The van der Waals surface area contributed by atoms with Crippen molar-refractivity contribution in [1.82, 2.24) is 0 Å². The zero-order chi connectivity index (χ0) is 20.7. The van der Waals surface area contributed by atoms with Crippen molar-refractivity contribution in [3.63, 3.8) is 0 Å². The van der Waals surface area contributed by atoms with Gasteiger partial charge in [-0.3, -0.25) is 0 Å². The molecule has 0 N–H and O–H groups in total. The summed E-state index contributed by atoms with van der Waals surface area (Å²) in [7, 11) is 4.35. The van der Waals surface area contributed by atoms with Crippen LogP contribution in [0.2, 0.25) is 0 Å². The average Bonchev–Trinajstić information content (AvgIpc) is 3.26. The third-order valence-electron chi connectivity index (χ3n) is 6.58. The van der Waals surface area contributed by atoms with E-state index < -0.39 is 0 Å². The predicted molar refractivity (Wildman–Crippen MR) is 125 cm³/mol. The summed E-state index contributed by atoms with van der Waals surface area (Å²) in [6.07, 6.45) is 5.71. The number of allylic oxidation sites excluding steroid dienone is 2. The van der Waals surface area contributed by atoms with Gasteiger partial charge in [0.1, 0.15) is 7.05 Å². The van der Waals surface area contributed by atoms with Gasteiger partial charge >= 0.3 is 0 Å². The smallest absolute Gasteiger partial charge is 0.212 e. The number of aryl methyl sites for hydroxylation is 1. The molecule has 2 aliphatic heterocycles. The van der Waals surface area contributed by atoms with Gasteiger partial charge in [0.15, 0.2) is 5.71 Å². The maximum atomic E-state index is 2.35. The molecule has 0 unspecified atom stereocenters. The minimum atomic E-state index is 1.12. The second-order valence-electron chi connectivity index (χ2n) is 8.33. The van der Waals surface area contributed by atoms with Gasteiger partial charge in [0, 0.05) is 42.1 Å². The molecular weight excluding hydrogens is 360 g/mol. The normalized spacial score (nSPS) is 16.5. The molecule has 3 heterocycles. The van der Waals surface area contributed by atoms with Gasteiger partial charge in [-0.1, -0.05) is 13.0 Å². The second-order valence-corrected chi connectivity index (χ2v) is 9.56. The first kappa shape index (κ1) is 20.9. The van der Waals surface area contributed by atoms with Crippen molar-refractivity contribution in [2.75, 3.05) is 19.0 Å². The molecule has 1 aromatic heterocycles. The molecule has 0 fully saturated rings. The third-order valence-corrected chi connectivity index (χ3v) is 7.75. The number of nitrogens with zero attached hydrogens (tertiary/aromatic N) is 2. The van der Waals surface area contributed by atoms with Crippen LogP contribution in [0.3, 0.4) is 0 Å². The molecule has 150 valence electrons. The van der Waals surface area contributed by atoms with Crippen molar-refractivity contribution in [3.8, 4) is 0 Å². The van der Waals surface area contributed by atoms with Crippen molar-refractivity contribution in [3.05, 3.63) is 56.1 Å². The van der Waals surface area contributed by atoms with Crippen LogP contribution in [0.25, 0.3) is 0 Å².